The normalized spacial score (nSPS) is 13.9. The Balaban J connectivity index is 2.08. The maximum absolute atomic E-state index is 13.0. The van der Waals surface area contributed by atoms with Crippen LogP contribution in [0.2, 0.25) is 0 Å². The number of aromatic carboxylic acids is 1. The van der Waals surface area contributed by atoms with E-state index in [0.29, 0.717) is 29.1 Å². The Morgan fingerprint density at radius 2 is 1.87 bits per heavy atom. The minimum atomic E-state index is -3.65. The van der Waals surface area contributed by atoms with E-state index in [0.717, 1.165) is 11.1 Å². The molecule has 1 aliphatic rings. The molecule has 0 spiro atoms. The third kappa shape index (κ3) is 2.59. The Morgan fingerprint density at radius 1 is 1.13 bits per heavy atom. The highest BCUT2D eigenvalue weighted by Gasteiger charge is 2.32. The molecule has 0 radical (unpaired) electrons. The third-order valence-corrected chi connectivity index (χ3v) is 6.05. The van der Waals surface area contributed by atoms with Gasteiger partial charge in [-0.2, -0.15) is 0 Å². The number of benzene rings is 2. The van der Waals surface area contributed by atoms with E-state index in [4.69, 9.17) is 5.11 Å². The summed E-state index contributed by atoms with van der Waals surface area (Å²) in [6, 6.07) is 9.93. The number of carboxylic acids is 1. The average molecular weight is 331 g/mol. The number of fused-ring (bicyclic) bond motifs is 1. The topological polar surface area (TPSA) is 74.7 Å². The van der Waals surface area contributed by atoms with Crippen LogP contribution in [0.3, 0.4) is 0 Å². The van der Waals surface area contributed by atoms with Crippen LogP contribution < -0.4 is 4.31 Å². The maximum Gasteiger partial charge on any atom is 0.335 e. The van der Waals surface area contributed by atoms with Gasteiger partial charge in [-0.25, -0.2) is 13.2 Å². The van der Waals surface area contributed by atoms with Crippen molar-refractivity contribution in [3.63, 3.8) is 0 Å². The second kappa shape index (κ2) is 5.38. The number of aryl methyl sites for hydroxylation is 2. The summed E-state index contributed by atoms with van der Waals surface area (Å²) in [5.74, 6) is -1.01. The van der Waals surface area contributed by atoms with Gasteiger partial charge in [0, 0.05) is 6.54 Å². The lowest BCUT2D eigenvalue weighted by Gasteiger charge is -2.21. The summed E-state index contributed by atoms with van der Waals surface area (Å²) in [7, 11) is -3.65. The lowest BCUT2D eigenvalue weighted by atomic mass is 10.1. The number of rotatable bonds is 3. The summed E-state index contributed by atoms with van der Waals surface area (Å²) in [5, 5.41) is 9.05. The monoisotopic (exact) mass is 331 g/mol. The maximum atomic E-state index is 13.0. The summed E-state index contributed by atoms with van der Waals surface area (Å²) in [6.07, 6.45) is 0.514. The van der Waals surface area contributed by atoms with Crippen molar-refractivity contribution in [3.8, 4) is 0 Å². The molecule has 1 aliphatic heterocycles. The summed E-state index contributed by atoms with van der Waals surface area (Å²) in [6.45, 7) is 3.96. The van der Waals surface area contributed by atoms with Crippen LogP contribution in [0.4, 0.5) is 5.69 Å². The van der Waals surface area contributed by atoms with Crippen molar-refractivity contribution in [2.45, 2.75) is 25.2 Å². The van der Waals surface area contributed by atoms with Crippen molar-refractivity contribution in [2.75, 3.05) is 10.8 Å². The lowest BCUT2D eigenvalue weighted by Crippen LogP contribution is -2.29. The van der Waals surface area contributed by atoms with E-state index in [9.17, 15) is 13.2 Å². The number of anilines is 1. The fourth-order valence-corrected chi connectivity index (χ4v) is 4.67. The first kappa shape index (κ1) is 15.6. The van der Waals surface area contributed by atoms with E-state index in [1.165, 1.54) is 10.4 Å². The Bertz CT molecular complexity index is 903. The van der Waals surface area contributed by atoms with Crippen molar-refractivity contribution in [3.05, 3.63) is 58.7 Å². The quantitative estimate of drug-likeness (QED) is 0.938. The number of hydrogen-bond donors (Lipinski definition) is 1. The zero-order valence-electron chi connectivity index (χ0n) is 12.9. The molecule has 2 aromatic rings. The van der Waals surface area contributed by atoms with E-state index in [1.807, 2.05) is 13.0 Å². The van der Waals surface area contributed by atoms with Crippen LogP contribution in [0.25, 0.3) is 0 Å². The fraction of sp³-hybridized carbons (Fsp3) is 0.235. The third-order valence-electron chi connectivity index (χ3n) is 4.09. The first-order chi connectivity index (χ1) is 10.8. The van der Waals surface area contributed by atoms with Crippen molar-refractivity contribution in [1.82, 2.24) is 0 Å². The molecular formula is C17H17NO4S. The lowest BCUT2D eigenvalue weighted by molar-refractivity contribution is 0.0697. The van der Waals surface area contributed by atoms with Gasteiger partial charge in [0.25, 0.3) is 10.0 Å². The van der Waals surface area contributed by atoms with Gasteiger partial charge in [0.05, 0.1) is 16.1 Å². The van der Waals surface area contributed by atoms with Gasteiger partial charge in [-0.15, -0.1) is 0 Å². The Morgan fingerprint density at radius 3 is 2.57 bits per heavy atom. The van der Waals surface area contributed by atoms with Crippen molar-refractivity contribution < 1.29 is 18.3 Å². The molecule has 3 rings (SSSR count). The molecule has 0 unspecified atom stereocenters. The predicted octanol–water partition coefficient (Wildman–Crippen LogP) is 2.75. The van der Waals surface area contributed by atoms with Crippen LogP contribution in [0, 0.1) is 13.8 Å². The van der Waals surface area contributed by atoms with Gasteiger partial charge in [-0.3, -0.25) is 4.31 Å². The molecule has 0 fully saturated rings. The van der Waals surface area contributed by atoms with Gasteiger partial charge < -0.3 is 5.11 Å². The number of hydrogen-bond acceptors (Lipinski definition) is 3. The average Bonchev–Trinajstić information content (AvgIpc) is 2.93. The summed E-state index contributed by atoms with van der Waals surface area (Å²) in [4.78, 5) is 11.3. The van der Waals surface area contributed by atoms with Crippen molar-refractivity contribution in [1.29, 1.82) is 0 Å². The molecular weight excluding hydrogens is 314 g/mol. The molecule has 0 atom stereocenters. The molecule has 120 valence electrons. The van der Waals surface area contributed by atoms with Gasteiger partial charge in [0.15, 0.2) is 0 Å². The van der Waals surface area contributed by atoms with Gasteiger partial charge >= 0.3 is 5.97 Å². The highest BCUT2D eigenvalue weighted by molar-refractivity contribution is 7.93. The number of carbonyl (C=O) groups is 1. The first-order valence-electron chi connectivity index (χ1n) is 7.27. The Kier molecular flexibility index (Phi) is 3.64. The molecule has 0 amide bonds. The molecule has 0 saturated heterocycles. The van der Waals surface area contributed by atoms with Crippen LogP contribution in [0.1, 0.15) is 27.0 Å². The van der Waals surface area contributed by atoms with E-state index >= 15 is 0 Å². The van der Waals surface area contributed by atoms with Crippen molar-refractivity contribution >= 4 is 21.7 Å². The minimum absolute atomic E-state index is 0.176. The molecule has 1 heterocycles. The predicted molar refractivity (Wildman–Crippen MR) is 87.6 cm³/mol. The summed E-state index contributed by atoms with van der Waals surface area (Å²) >= 11 is 0. The molecule has 5 nitrogen and oxygen atoms in total. The molecule has 2 aromatic carbocycles. The van der Waals surface area contributed by atoms with Gasteiger partial charge in [-0.1, -0.05) is 12.1 Å². The first-order valence-corrected chi connectivity index (χ1v) is 8.71. The molecule has 1 N–H and O–H groups in total. The molecule has 23 heavy (non-hydrogen) atoms. The van der Waals surface area contributed by atoms with E-state index in [1.54, 1.807) is 31.2 Å². The fourth-order valence-electron chi connectivity index (χ4n) is 2.86. The number of sulfonamides is 1. The largest absolute Gasteiger partial charge is 0.478 e. The zero-order chi connectivity index (χ0) is 16.8. The second-order valence-electron chi connectivity index (χ2n) is 5.74. The van der Waals surface area contributed by atoms with E-state index < -0.39 is 16.0 Å². The summed E-state index contributed by atoms with van der Waals surface area (Å²) in [5.41, 5.74) is 3.07. The molecule has 0 bridgehead atoms. The van der Waals surface area contributed by atoms with Crippen molar-refractivity contribution in [2.24, 2.45) is 0 Å². The van der Waals surface area contributed by atoms with Gasteiger partial charge in [0.2, 0.25) is 0 Å². The van der Waals surface area contributed by atoms with E-state index in [-0.39, 0.29) is 5.56 Å². The minimum Gasteiger partial charge on any atom is -0.478 e. The number of carboxylic acid groups (broad SMARTS) is 1. The van der Waals surface area contributed by atoms with Gasteiger partial charge in [-0.05, 0) is 61.2 Å². The highest BCUT2D eigenvalue weighted by Crippen LogP contribution is 2.34. The van der Waals surface area contributed by atoms with Crippen LogP contribution in [0.15, 0.2) is 41.3 Å². The molecule has 0 aliphatic carbocycles. The molecule has 0 saturated carbocycles. The molecule has 6 heteroatoms. The molecule has 0 aromatic heterocycles. The van der Waals surface area contributed by atoms with Crippen LogP contribution in [0.5, 0.6) is 0 Å². The standard InChI is InChI=1S/C17H17NO4S/c1-11-3-4-12(2)16(9-11)23(21,22)18-8-7-13-10-14(17(19)20)5-6-15(13)18/h3-6,9-10H,7-8H2,1-2H3,(H,19,20). The number of nitrogens with zero attached hydrogens (tertiary/aromatic N) is 1. The Labute approximate surface area is 135 Å². The van der Waals surface area contributed by atoms with Gasteiger partial charge in [0.1, 0.15) is 0 Å². The Hall–Kier alpha value is -2.34. The highest BCUT2D eigenvalue weighted by atomic mass is 32.2. The van der Waals surface area contributed by atoms with Crippen LogP contribution in [-0.2, 0) is 16.4 Å². The zero-order valence-corrected chi connectivity index (χ0v) is 13.7. The van der Waals surface area contributed by atoms with Crippen LogP contribution >= 0.6 is 0 Å². The smallest absolute Gasteiger partial charge is 0.335 e. The van der Waals surface area contributed by atoms with E-state index in [2.05, 4.69) is 0 Å². The van der Waals surface area contributed by atoms with Crippen LogP contribution in [-0.4, -0.2) is 26.0 Å². The second-order valence-corrected chi connectivity index (χ2v) is 7.58. The SMILES string of the molecule is Cc1ccc(C)c(S(=O)(=O)N2CCc3cc(C(=O)O)ccc32)c1. The summed E-state index contributed by atoms with van der Waals surface area (Å²) < 4.78 is 27.4.